The first-order valence-corrected chi connectivity index (χ1v) is 5.60. The lowest BCUT2D eigenvalue weighted by Crippen LogP contribution is -2.00. The average Bonchev–Trinajstić information content (AvgIpc) is 2.48. The number of hydrogen-bond donors (Lipinski definition) is 0. The van der Waals surface area contributed by atoms with Gasteiger partial charge in [-0.2, -0.15) is 0 Å². The summed E-state index contributed by atoms with van der Waals surface area (Å²) in [5.74, 6) is -0.263. The predicted octanol–water partition coefficient (Wildman–Crippen LogP) is 4.80. The molecule has 0 N–H and O–H groups in total. The first-order chi connectivity index (χ1) is 9.76. The van der Waals surface area contributed by atoms with Gasteiger partial charge in [0, 0.05) is 32.3 Å². The van der Waals surface area contributed by atoms with E-state index in [1.807, 2.05) is 0 Å². The summed E-state index contributed by atoms with van der Waals surface area (Å²) in [6.07, 6.45) is 0. The number of nitrogens with zero attached hydrogens (tertiary/aromatic N) is 6. The fourth-order valence-corrected chi connectivity index (χ4v) is 1.70. The Morgan fingerprint density at radius 3 is 2.30 bits per heavy atom. The fraction of sp³-hybridized carbons (Fsp3) is 0. The molecule has 7 heteroatoms. The fourth-order valence-electron chi connectivity index (χ4n) is 1.70. The van der Waals surface area contributed by atoms with Gasteiger partial charge in [-0.3, -0.25) is 4.79 Å². The topological polar surface area (TPSA) is 115 Å². The Morgan fingerprint density at radius 1 is 0.950 bits per heavy atom. The van der Waals surface area contributed by atoms with Gasteiger partial charge in [0.1, 0.15) is 0 Å². The molecule has 0 saturated carbocycles. The molecular formula is C13H8N6O. The second-order valence-corrected chi connectivity index (χ2v) is 3.78. The van der Waals surface area contributed by atoms with Crippen LogP contribution in [-0.4, -0.2) is 5.78 Å². The lowest BCUT2D eigenvalue weighted by atomic mass is 10.0. The van der Waals surface area contributed by atoms with Gasteiger partial charge in [0.25, 0.3) is 0 Å². The van der Waals surface area contributed by atoms with Crippen molar-refractivity contribution >= 4 is 17.2 Å². The molecule has 0 aliphatic rings. The number of carbonyl (C=O) groups excluding carboxylic acids is 1. The van der Waals surface area contributed by atoms with Crippen molar-refractivity contribution < 1.29 is 4.79 Å². The molecule has 0 aliphatic heterocycles. The minimum atomic E-state index is -0.263. The number of ketones is 1. The van der Waals surface area contributed by atoms with E-state index in [-0.39, 0.29) is 22.7 Å². The summed E-state index contributed by atoms with van der Waals surface area (Å²) in [5, 5.41) is 6.88. The molecule has 0 saturated heterocycles. The van der Waals surface area contributed by atoms with Crippen molar-refractivity contribution in [3.05, 3.63) is 80.5 Å². The average molecular weight is 264 g/mol. The largest absolute Gasteiger partial charge is 0.289 e. The minimum Gasteiger partial charge on any atom is -0.289 e. The second kappa shape index (κ2) is 6.06. The summed E-state index contributed by atoms with van der Waals surface area (Å²) in [6, 6.07) is 13.0. The van der Waals surface area contributed by atoms with Crippen LogP contribution in [0.15, 0.2) is 58.8 Å². The van der Waals surface area contributed by atoms with E-state index in [1.165, 1.54) is 18.2 Å². The molecule has 0 atom stereocenters. The summed E-state index contributed by atoms with van der Waals surface area (Å²) in [4.78, 5) is 17.7. The number of carbonyl (C=O) groups is 1. The number of hydrogen-bond acceptors (Lipinski definition) is 3. The molecule has 0 fully saturated rings. The van der Waals surface area contributed by atoms with Crippen molar-refractivity contribution in [2.45, 2.75) is 0 Å². The maximum Gasteiger partial charge on any atom is 0.193 e. The van der Waals surface area contributed by atoms with Crippen LogP contribution in [0.1, 0.15) is 15.9 Å². The van der Waals surface area contributed by atoms with E-state index in [1.54, 1.807) is 30.3 Å². The van der Waals surface area contributed by atoms with Gasteiger partial charge in [0.05, 0.1) is 0 Å². The van der Waals surface area contributed by atoms with Gasteiger partial charge < -0.3 is 0 Å². The Bertz CT molecular complexity index is 743. The van der Waals surface area contributed by atoms with Crippen molar-refractivity contribution in [2.75, 3.05) is 0 Å². The van der Waals surface area contributed by atoms with Gasteiger partial charge in [0.15, 0.2) is 5.78 Å². The van der Waals surface area contributed by atoms with Gasteiger partial charge in [-0.1, -0.05) is 52.7 Å². The molecule has 20 heavy (non-hydrogen) atoms. The van der Waals surface area contributed by atoms with Crippen molar-refractivity contribution in [1.82, 2.24) is 0 Å². The van der Waals surface area contributed by atoms with E-state index >= 15 is 0 Å². The first-order valence-electron chi connectivity index (χ1n) is 5.60. The molecule has 0 spiro atoms. The summed E-state index contributed by atoms with van der Waals surface area (Å²) in [5.41, 5.74) is 18.1. The number of rotatable bonds is 4. The summed E-state index contributed by atoms with van der Waals surface area (Å²) >= 11 is 0. The van der Waals surface area contributed by atoms with Crippen LogP contribution in [-0.2, 0) is 0 Å². The Morgan fingerprint density at radius 2 is 1.65 bits per heavy atom. The third kappa shape index (κ3) is 2.76. The van der Waals surface area contributed by atoms with E-state index in [4.69, 9.17) is 11.1 Å². The van der Waals surface area contributed by atoms with Crippen molar-refractivity contribution in [2.24, 2.45) is 10.2 Å². The molecule has 0 radical (unpaired) electrons. The quantitative estimate of drug-likeness (QED) is 0.335. The van der Waals surface area contributed by atoms with E-state index in [2.05, 4.69) is 20.1 Å². The van der Waals surface area contributed by atoms with Crippen LogP contribution < -0.4 is 0 Å². The molecule has 2 aromatic rings. The summed E-state index contributed by atoms with van der Waals surface area (Å²) in [6.45, 7) is 0. The molecule has 0 aliphatic carbocycles. The van der Waals surface area contributed by atoms with Crippen LogP contribution in [0.2, 0.25) is 0 Å². The van der Waals surface area contributed by atoms with Crippen molar-refractivity contribution in [3.63, 3.8) is 0 Å². The molecular weight excluding hydrogens is 256 g/mol. The maximum absolute atomic E-state index is 12.3. The standard InChI is InChI=1S/C13H8N6O/c14-18-16-10-6-7-11(12(8-10)17-19-15)13(20)9-4-2-1-3-5-9/h1-8H. The Hall–Kier alpha value is -3.27. The second-order valence-electron chi connectivity index (χ2n) is 3.78. The van der Waals surface area contributed by atoms with Gasteiger partial charge in [-0.05, 0) is 17.1 Å². The van der Waals surface area contributed by atoms with Crippen LogP contribution in [0, 0.1) is 0 Å². The highest BCUT2D eigenvalue weighted by Gasteiger charge is 2.12. The smallest absolute Gasteiger partial charge is 0.193 e. The number of benzene rings is 2. The highest BCUT2D eigenvalue weighted by atomic mass is 16.1. The molecule has 0 aromatic heterocycles. The van der Waals surface area contributed by atoms with Crippen LogP contribution in [0.25, 0.3) is 20.9 Å². The van der Waals surface area contributed by atoms with Crippen LogP contribution in [0.3, 0.4) is 0 Å². The highest BCUT2D eigenvalue weighted by molar-refractivity contribution is 6.12. The first kappa shape index (κ1) is 13.2. The molecule has 0 unspecified atom stereocenters. The van der Waals surface area contributed by atoms with Crippen molar-refractivity contribution in [1.29, 1.82) is 0 Å². The summed E-state index contributed by atoms with van der Waals surface area (Å²) in [7, 11) is 0. The normalized spacial score (nSPS) is 9.20. The Balaban J connectivity index is 2.53. The minimum absolute atomic E-state index is 0.131. The predicted molar refractivity (Wildman–Crippen MR) is 73.9 cm³/mol. The van der Waals surface area contributed by atoms with Gasteiger partial charge in [-0.25, -0.2) is 0 Å². The molecule has 2 rings (SSSR count). The molecule has 96 valence electrons. The molecule has 0 bridgehead atoms. The van der Waals surface area contributed by atoms with Gasteiger partial charge in [-0.15, -0.1) is 0 Å². The molecule has 0 heterocycles. The zero-order valence-corrected chi connectivity index (χ0v) is 10.2. The molecule has 0 amide bonds. The Kier molecular flexibility index (Phi) is 3.99. The van der Waals surface area contributed by atoms with Gasteiger partial charge in [0.2, 0.25) is 0 Å². The molecule has 7 nitrogen and oxygen atoms in total. The third-order valence-electron chi connectivity index (χ3n) is 2.57. The van der Waals surface area contributed by atoms with E-state index in [0.717, 1.165) is 0 Å². The van der Waals surface area contributed by atoms with Crippen LogP contribution in [0.4, 0.5) is 11.4 Å². The zero-order valence-electron chi connectivity index (χ0n) is 10.2. The highest BCUT2D eigenvalue weighted by Crippen LogP contribution is 2.28. The lowest BCUT2D eigenvalue weighted by molar-refractivity contribution is 0.103. The van der Waals surface area contributed by atoms with Crippen LogP contribution >= 0.6 is 0 Å². The Labute approximate surface area is 113 Å². The lowest BCUT2D eigenvalue weighted by Gasteiger charge is -2.05. The zero-order chi connectivity index (χ0) is 14.4. The van der Waals surface area contributed by atoms with Crippen LogP contribution in [0.5, 0.6) is 0 Å². The third-order valence-corrected chi connectivity index (χ3v) is 2.57. The SMILES string of the molecule is [N-]=[N+]=Nc1ccc(C(=O)c2ccccc2)c(N=[N+]=[N-])c1. The molecule has 2 aromatic carbocycles. The maximum atomic E-state index is 12.3. The van der Waals surface area contributed by atoms with E-state index in [9.17, 15) is 4.79 Å². The van der Waals surface area contributed by atoms with Gasteiger partial charge >= 0.3 is 0 Å². The number of azide groups is 2. The van der Waals surface area contributed by atoms with Crippen molar-refractivity contribution in [3.8, 4) is 0 Å². The van der Waals surface area contributed by atoms with E-state index in [0.29, 0.717) is 5.56 Å². The van der Waals surface area contributed by atoms with E-state index < -0.39 is 0 Å². The summed E-state index contributed by atoms with van der Waals surface area (Å²) < 4.78 is 0. The monoisotopic (exact) mass is 264 g/mol.